The van der Waals surface area contributed by atoms with E-state index in [2.05, 4.69) is 17.6 Å². The summed E-state index contributed by atoms with van der Waals surface area (Å²) in [7, 11) is 3.83. The van der Waals surface area contributed by atoms with Gasteiger partial charge in [0.1, 0.15) is 5.82 Å². The van der Waals surface area contributed by atoms with Gasteiger partial charge in [-0.3, -0.25) is 0 Å². The van der Waals surface area contributed by atoms with Crippen LogP contribution in [0.4, 0.5) is 9.18 Å². The van der Waals surface area contributed by atoms with Crippen LogP contribution in [0.1, 0.15) is 37.8 Å². The van der Waals surface area contributed by atoms with Gasteiger partial charge in [-0.1, -0.05) is 31.9 Å². The Bertz CT molecular complexity index is 437. The summed E-state index contributed by atoms with van der Waals surface area (Å²) in [4.78, 5) is 13.7. The molecule has 4 nitrogen and oxygen atoms in total. The molecule has 0 fully saturated rings. The number of hydrogen-bond donors (Lipinski definition) is 2. The van der Waals surface area contributed by atoms with Gasteiger partial charge >= 0.3 is 6.03 Å². The zero-order valence-electron chi connectivity index (χ0n) is 13.2. The van der Waals surface area contributed by atoms with Crippen molar-refractivity contribution in [3.63, 3.8) is 0 Å². The minimum absolute atomic E-state index is 0.0536. The van der Waals surface area contributed by atoms with E-state index in [0.717, 1.165) is 24.8 Å². The number of halogens is 1. The number of nitrogens with zero attached hydrogens (tertiary/aromatic N) is 1. The lowest BCUT2D eigenvalue weighted by Gasteiger charge is -2.25. The molecule has 2 N–H and O–H groups in total. The SMILES string of the molecule is CCCCCNC(=O)NC[C@@H](c1cccc(F)c1)N(C)C. The Morgan fingerprint density at radius 1 is 1.29 bits per heavy atom. The zero-order valence-corrected chi connectivity index (χ0v) is 13.2. The third-order valence-corrected chi connectivity index (χ3v) is 3.38. The monoisotopic (exact) mass is 295 g/mol. The van der Waals surface area contributed by atoms with Gasteiger partial charge in [0.2, 0.25) is 0 Å². The zero-order chi connectivity index (χ0) is 15.7. The number of benzene rings is 1. The number of hydrogen-bond acceptors (Lipinski definition) is 2. The number of likely N-dealkylation sites (N-methyl/N-ethyl adjacent to an activating group) is 1. The van der Waals surface area contributed by atoms with Crippen LogP contribution < -0.4 is 10.6 Å². The summed E-state index contributed by atoms with van der Waals surface area (Å²) in [6, 6.07) is 6.26. The molecule has 0 aliphatic carbocycles. The molecule has 0 bridgehead atoms. The molecular weight excluding hydrogens is 269 g/mol. The van der Waals surface area contributed by atoms with Crippen LogP contribution >= 0.6 is 0 Å². The largest absolute Gasteiger partial charge is 0.338 e. The van der Waals surface area contributed by atoms with Gasteiger partial charge in [-0.15, -0.1) is 0 Å². The lowest BCUT2D eigenvalue weighted by molar-refractivity contribution is 0.232. The van der Waals surface area contributed by atoms with Gasteiger partial charge in [0, 0.05) is 13.1 Å². The van der Waals surface area contributed by atoms with E-state index in [0.29, 0.717) is 13.1 Å². The number of carbonyl (C=O) groups excluding carboxylic acids is 1. The van der Waals surface area contributed by atoms with E-state index in [9.17, 15) is 9.18 Å². The average Bonchev–Trinajstić information content (AvgIpc) is 2.43. The van der Waals surface area contributed by atoms with Crippen LogP contribution in [0.25, 0.3) is 0 Å². The van der Waals surface area contributed by atoms with Gasteiger partial charge < -0.3 is 15.5 Å². The van der Waals surface area contributed by atoms with Gasteiger partial charge in [-0.2, -0.15) is 0 Å². The van der Waals surface area contributed by atoms with Crippen molar-refractivity contribution in [1.29, 1.82) is 0 Å². The van der Waals surface area contributed by atoms with Crippen molar-refractivity contribution in [2.24, 2.45) is 0 Å². The topological polar surface area (TPSA) is 44.4 Å². The van der Waals surface area contributed by atoms with Crippen LogP contribution in [0.2, 0.25) is 0 Å². The normalized spacial score (nSPS) is 12.2. The Morgan fingerprint density at radius 3 is 2.67 bits per heavy atom. The molecule has 21 heavy (non-hydrogen) atoms. The van der Waals surface area contributed by atoms with Crippen molar-refractivity contribution in [3.8, 4) is 0 Å². The second-order valence-electron chi connectivity index (χ2n) is 5.38. The Balaban J connectivity index is 2.47. The lowest BCUT2D eigenvalue weighted by atomic mass is 10.1. The maximum absolute atomic E-state index is 13.3. The fourth-order valence-electron chi connectivity index (χ4n) is 2.14. The highest BCUT2D eigenvalue weighted by atomic mass is 19.1. The molecule has 0 unspecified atom stereocenters. The Morgan fingerprint density at radius 2 is 2.05 bits per heavy atom. The van der Waals surface area contributed by atoms with Crippen LogP contribution in [-0.2, 0) is 0 Å². The molecule has 1 aromatic carbocycles. The molecule has 5 heteroatoms. The highest BCUT2D eigenvalue weighted by Gasteiger charge is 2.15. The minimum atomic E-state index is -0.261. The fourth-order valence-corrected chi connectivity index (χ4v) is 2.14. The van der Waals surface area contributed by atoms with Crippen LogP contribution in [0, 0.1) is 5.82 Å². The number of unbranched alkanes of at least 4 members (excludes halogenated alkanes) is 2. The number of rotatable bonds is 8. The van der Waals surface area contributed by atoms with E-state index < -0.39 is 0 Å². The maximum atomic E-state index is 13.3. The second-order valence-corrected chi connectivity index (χ2v) is 5.38. The van der Waals surface area contributed by atoms with Crippen molar-refractivity contribution >= 4 is 6.03 Å². The standard InChI is InChI=1S/C16H26FN3O/c1-4-5-6-10-18-16(21)19-12-15(20(2)3)13-8-7-9-14(17)11-13/h7-9,11,15H,4-6,10,12H2,1-3H3,(H2,18,19,21)/t15-/m0/s1. The highest BCUT2D eigenvalue weighted by Crippen LogP contribution is 2.18. The molecule has 0 saturated carbocycles. The van der Waals surface area contributed by atoms with Gasteiger partial charge in [0.25, 0.3) is 0 Å². The first-order valence-electron chi connectivity index (χ1n) is 7.48. The van der Waals surface area contributed by atoms with Crippen LogP contribution in [0.3, 0.4) is 0 Å². The summed E-state index contributed by atoms with van der Waals surface area (Å²) in [5, 5.41) is 5.68. The molecule has 0 heterocycles. The summed E-state index contributed by atoms with van der Waals surface area (Å²) >= 11 is 0. The summed E-state index contributed by atoms with van der Waals surface area (Å²) in [5.41, 5.74) is 0.853. The summed E-state index contributed by atoms with van der Waals surface area (Å²) in [6.07, 6.45) is 3.24. The van der Waals surface area contributed by atoms with Crippen molar-refractivity contribution in [2.75, 3.05) is 27.2 Å². The molecule has 0 aliphatic heterocycles. The number of carbonyl (C=O) groups is 1. The lowest BCUT2D eigenvalue weighted by Crippen LogP contribution is -2.40. The maximum Gasteiger partial charge on any atom is 0.314 e. The number of amides is 2. The summed E-state index contributed by atoms with van der Waals surface area (Å²) < 4.78 is 13.3. The minimum Gasteiger partial charge on any atom is -0.338 e. The van der Waals surface area contributed by atoms with Gasteiger partial charge in [-0.05, 0) is 38.2 Å². The van der Waals surface area contributed by atoms with E-state index >= 15 is 0 Å². The molecule has 0 spiro atoms. The van der Waals surface area contributed by atoms with E-state index in [1.165, 1.54) is 12.1 Å². The van der Waals surface area contributed by atoms with E-state index in [-0.39, 0.29) is 17.9 Å². The number of nitrogens with one attached hydrogen (secondary N) is 2. The highest BCUT2D eigenvalue weighted by molar-refractivity contribution is 5.73. The van der Waals surface area contributed by atoms with Crippen LogP contribution in [0.5, 0.6) is 0 Å². The first kappa shape index (κ1) is 17.4. The molecule has 118 valence electrons. The Kier molecular flexibility index (Phi) is 7.75. The van der Waals surface area contributed by atoms with Gasteiger partial charge in [-0.25, -0.2) is 9.18 Å². The Labute approximate surface area is 126 Å². The van der Waals surface area contributed by atoms with Gasteiger partial charge in [0.05, 0.1) is 6.04 Å². The first-order chi connectivity index (χ1) is 10.0. The third kappa shape index (κ3) is 6.58. The van der Waals surface area contributed by atoms with Crippen molar-refractivity contribution in [2.45, 2.75) is 32.2 Å². The summed E-state index contributed by atoms with van der Waals surface area (Å²) in [6.45, 7) is 3.25. The number of urea groups is 1. The molecule has 0 radical (unpaired) electrons. The van der Waals surface area contributed by atoms with Crippen molar-refractivity contribution in [1.82, 2.24) is 15.5 Å². The third-order valence-electron chi connectivity index (χ3n) is 3.38. The Hall–Kier alpha value is -1.62. The fraction of sp³-hybridized carbons (Fsp3) is 0.562. The van der Waals surface area contributed by atoms with E-state index in [4.69, 9.17) is 0 Å². The quantitative estimate of drug-likeness (QED) is 0.724. The molecule has 1 rings (SSSR count). The molecule has 0 aliphatic rings. The van der Waals surface area contributed by atoms with Crippen LogP contribution in [0.15, 0.2) is 24.3 Å². The first-order valence-corrected chi connectivity index (χ1v) is 7.48. The average molecular weight is 295 g/mol. The predicted molar refractivity (Wildman–Crippen MR) is 83.8 cm³/mol. The molecular formula is C16H26FN3O. The van der Waals surface area contributed by atoms with Crippen molar-refractivity contribution in [3.05, 3.63) is 35.6 Å². The summed E-state index contributed by atoms with van der Waals surface area (Å²) in [5.74, 6) is -0.261. The van der Waals surface area contributed by atoms with Crippen LogP contribution in [-0.4, -0.2) is 38.1 Å². The second kappa shape index (κ2) is 9.34. The molecule has 1 aromatic rings. The molecule has 1 atom stereocenters. The van der Waals surface area contributed by atoms with Gasteiger partial charge in [0.15, 0.2) is 0 Å². The molecule has 2 amide bonds. The predicted octanol–water partition coefficient (Wildman–Crippen LogP) is 2.92. The van der Waals surface area contributed by atoms with E-state index in [1.807, 2.05) is 25.1 Å². The molecule has 0 saturated heterocycles. The smallest absolute Gasteiger partial charge is 0.314 e. The molecule has 0 aromatic heterocycles. The van der Waals surface area contributed by atoms with E-state index in [1.54, 1.807) is 6.07 Å². The van der Waals surface area contributed by atoms with Crippen molar-refractivity contribution < 1.29 is 9.18 Å².